The van der Waals surface area contributed by atoms with Crippen LogP contribution < -0.4 is 5.32 Å². The zero-order valence-electron chi connectivity index (χ0n) is 14.7. The van der Waals surface area contributed by atoms with Gasteiger partial charge in [-0.05, 0) is 60.9 Å². The van der Waals surface area contributed by atoms with Crippen molar-refractivity contribution in [2.24, 2.45) is 5.41 Å². The molecule has 1 aliphatic rings. The Morgan fingerprint density at radius 3 is 2.76 bits per heavy atom. The van der Waals surface area contributed by atoms with E-state index in [2.05, 4.69) is 25.2 Å². The highest BCUT2D eigenvalue weighted by atomic mass is 32.1. The molecule has 1 heterocycles. The summed E-state index contributed by atoms with van der Waals surface area (Å²) in [4.78, 5) is 2.83. The van der Waals surface area contributed by atoms with Crippen molar-refractivity contribution in [3.63, 3.8) is 0 Å². The van der Waals surface area contributed by atoms with Crippen molar-refractivity contribution in [1.29, 1.82) is 0 Å². The largest absolute Gasteiger partial charge is 0.416 e. The first-order valence-electron chi connectivity index (χ1n) is 8.70. The summed E-state index contributed by atoms with van der Waals surface area (Å²) in [6.07, 6.45) is -0.126. The van der Waals surface area contributed by atoms with E-state index in [1.165, 1.54) is 33.9 Å². The van der Waals surface area contributed by atoms with Crippen LogP contribution in [0.2, 0.25) is 0 Å². The lowest BCUT2D eigenvalue weighted by molar-refractivity contribution is -0.137. The van der Waals surface area contributed by atoms with Crippen molar-refractivity contribution < 1.29 is 13.2 Å². The number of nitrogens with one attached hydrogen (secondary N) is 1. The zero-order valence-corrected chi connectivity index (χ0v) is 15.5. The fraction of sp³-hybridized carbons (Fsp3) is 0.500. The van der Waals surface area contributed by atoms with Crippen LogP contribution in [0, 0.1) is 5.41 Å². The van der Waals surface area contributed by atoms with E-state index in [4.69, 9.17) is 0 Å². The molecule has 0 amide bonds. The predicted octanol–water partition coefficient (Wildman–Crippen LogP) is 5.61. The van der Waals surface area contributed by atoms with Crippen LogP contribution in [0.5, 0.6) is 0 Å². The van der Waals surface area contributed by atoms with E-state index in [-0.39, 0.29) is 0 Å². The van der Waals surface area contributed by atoms with Gasteiger partial charge in [-0.2, -0.15) is 13.2 Å². The molecular weight excluding hydrogens is 343 g/mol. The standard InChI is InChI=1S/C20H24F3NS/c1-19(2)8-6-18-15(12-19)11-17(25-18)13-24-9-7-14-4-3-5-16(10-14)20(21,22)23/h3-5,10-11,24H,6-9,12-13H2,1-2H3. The summed E-state index contributed by atoms with van der Waals surface area (Å²) in [5.41, 5.74) is 2.02. The number of thiophene rings is 1. The number of alkyl halides is 3. The molecule has 0 bridgehead atoms. The average Bonchev–Trinajstić information content (AvgIpc) is 2.91. The van der Waals surface area contributed by atoms with Crippen molar-refractivity contribution in [2.45, 2.75) is 52.3 Å². The topological polar surface area (TPSA) is 12.0 Å². The monoisotopic (exact) mass is 367 g/mol. The predicted molar refractivity (Wildman–Crippen MR) is 97.0 cm³/mol. The van der Waals surface area contributed by atoms with Gasteiger partial charge in [-0.3, -0.25) is 0 Å². The molecule has 1 N–H and O–H groups in total. The molecular formula is C20H24F3NS. The molecule has 0 atom stereocenters. The number of benzene rings is 1. The fourth-order valence-corrected chi connectivity index (χ4v) is 4.54. The molecule has 5 heteroatoms. The molecule has 0 fully saturated rings. The van der Waals surface area contributed by atoms with Gasteiger partial charge in [0.1, 0.15) is 0 Å². The summed E-state index contributed by atoms with van der Waals surface area (Å²) in [5, 5.41) is 3.37. The van der Waals surface area contributed by atoms with Gasteiger partial charge in [0.2, 0.25) is 0 Å². The fourth-order valence-electron chi connectivity index (χ4n) is 3.38. The number of rotatable bonds is 5. The number of hydrogen-bond donors (Lipinski definition) is 1. The van der Waals surface area contributed by atoms with Crippen molar-refractivity contribution in [3.8, 4) is 0 Å². The summed E-state index contributed by atoms with van der Waals surface area (Å²) in [6.45, 7) is 6.10. The van der Waals surface area contributed by atoms with Gasteiger partial charge in [0, 0.05) is 16.3 Å². The summed E-state index contributed by atoms with van der Waals surface area (Å²) < 4.78 is 38.2. The number of aryl methyl sites for hydroxylation is 1. The maximum Gasteiger partial charge on any atom is 0.416 e. The summed E-state index contributed by atoms with van der Waals surface area (Å²) in [5.74, 6) is 0. The van der Waals surface area contributed by atoms with Crippen molar-refractivity contribution in [2.75, 3.05) is 6.54 Å². The third kappa shape index (κ3) is 4.85. The minimum atomic E-state index is -4.27. The molecule has 25 heavy (non-hydrogen) atoms. The Balaban J connectivity index is 1.50. The van der Waals surface area contributed by atoms with Crippen molar-refractivity contribution in [3.05, 3.63) is 56.8 Å². The molecule has 3 rings (SSSR count). The van der Waals surface area contributed by atoms with E-state index in [1.807, 2.05) is 11.3 Å². The smallest absolute Gasteiger partial charge is 0.312 e. The quantitative estimate of drug-likeness (QED) is 0.677. The average molecular weight is 367 g/mol. The van der Waals surface area contributed by atoms with Gasteiger partial charge >= 0.3 is 6.18 Å². The first-order valence-corrected chi connectivity index (χ1v) is 9.52. The third-order valence-electron chi connectivity index (χ3n) is 4.79. The third-order valence-corrected chi connectivity index (χ3v) is 6.03. The Kier molecular flexibility index (Phi) is 5.26. The van der Waals surface area contributed by atoms with Gasteiger partial charge in [0.05, 0.1) is 5.56 Å². The Labute approximate surface area is 151 Å². The van der Waals surface area contributed by atoms with Gasteiger partial charge in [0.25, 0.3) is 0 Å². The van der Waals surface area contributed by atoms with Crippen LogP contribution >= 0.6 is 11.3 Å². The van der Waals surface area contributed by atoms with E-state index in [0.29, 0.717) is 18.4 Å². The molecule has 136 valence electrons. The molecule has 1 aromatic carbocycles. The van der Waals surface area contributed by atoms with Crippen LogP contribution in [-0.4, -0.2) is 6.54 Å². The first kappa shape index (κ1) is 18.5. The Morgan fingerprint density at radius 2 is 2.00 bits per heavy atom. The van der Waals surface area contributed by atoms with E-state index < -0.39 is 11.7 Å². The van der Waals surface area contributed by atoms with Crippen LogP contribution in [0.4, 0.5) is 13.2 Å². The first-order chi connectivity index (χ1) is 11.7. The number of hydrogen-bond acceptors (Lipinski definition) is 2. The van der Waals surface area contributed by atoms with E-state index in [0.717, 1.165) is 31.0 Å². The minimum absolute atomic E-state index is 0.391. The molecule has 0 aliphatic heterocycles. The highest BCUT2D eigenvalue weighted by molar-refractivity contribution is 7.12. The minimum Gasteiger partial charge on any atom is -0.312 e. The molecule has 1 aromatic heterocycles. The molecule has 0 unspecified atom stereocenters. The normalized spacial score (nSPS) is 16.7. The van der Waals surface area contributed by atoms with Crippen molar-refractivity contribution in [1.82, 2.24) is 5.32 Å². The Bertz CT molecular complexity index is 731. The second-order valence-corrected chi connectivity index (χ2v) is 8.85. The van der Waals surface area contributed by atoms with Crippen LogP contribution in [0.25, 0.3) is 0 Å². The molecule has 0 spiro atoms. The summed E-state index contributed by atoms with van der Waals surface area (Å²) in [7, 11) is 0. The van der Waals surface area contributed by atoms with Crippen molar-refractivity contribution >= 4 is 11.3 Å². The SMILES string of the molecule is CC1(C)CCc2sc(CNCCc3cccc(C(F)(F)F)c3)cc2C1. The second-order valence-electron chi connectivity index (χ2n) is 7.63. The van der Waals surface area contributed by atoms with Gasteiger partial charge in [-0.25, -0.2) is 0 Å². The van der Waals surface area contributed by atoms with E-state index in [1.54, 1.807) is 6.07 Å². The van der Waals surface area contributed by atoms with E-state index >= 15 is 0 Å². The van der Waals surface area contributed by atoms with Crippen LogP contribution in [0.1, 0.15) is 46.7 Å². The molecule has 1 aliphatic carbocycles. The maximum absolute atomic E-state index is 12.7. The lowest BCUT2D eigenvalue weighted by Crippen LogP contribution is -2.20. The van der Waals surface area contributed by atoms with Gasteiger partial charge in [0.15, 0.2) is 0 Å². The Hall–Kier alpha value is -1.33. The molecule has 0 saturated carbocycles. The lowest BCUT2D eigenvalue weighted by atomic mass is 9.77. The maximum atomic E-state index is 12.7. The number of halogens is 3. The highest BCUT2D eigenvalue weighted by Crippen LogP contribution is 2.38. The number of fused-ring (bicyclic) bond motifs is 1. The summed E-state index contributed by atoms with van der Waals surface area (Å²) >= 11 is 1.88. The molecule has 2 aromatic rings. The molecule has 1 nitrogen and oxygen atoms in total. The lowest BCUT2D eigenvalue weighted by Gasteiger charge is -2.29. The van der Waals surface area contributed by atoms with Gasteiger partial charge in [-0.15, -0.1) is 11.3 Å². The second kappa shape index (κ2) is 7.12. The van der Waals surface area contributed by atoms with Gasteiger partial charge in [-0.1, -0.05) is 32.0 Å². The molecule has 0 radical (unpaired) electrons. The van der Waals surface area contributed by atoms with Crippen LogP contribution in [-0.2, 0) is 32.0 Å². The van der Waals surface area contributed by atoms with Crippen LogP contribution in [0.15, 0.2) is 30.3 Å². The Morgan fingerprint density at radius 1 is 1.20 bits per heavy atom. The van der Waals surface area contributed by atoms with E-state index in [9.17, 15) is 13.2 Å². The zero-order chi connectivity index (χ0) is 18.1. The van der Waals surface area contributed by atoms with Gasteiger partial charge < -0.3 is 5.32 Å². The summed E-state index contributed by atoms with van der Waals surface area (Å²) in [6, 6.07) is 7.90. The van der Waals surface area contributed by atoms with Crippen LogP contribution in [0.3, 0.4) is 0 Å². The highest BCUT2D eigenvalue weighted by Gasteiger charge is 2.30. The molecule has 0 saturated heterocycles.